The van der Waals surface area contributed by atoms with Crippen molar-refractivity contribution in [2.24, 2.45) is 5.10 Å². The summed E-state index contributed by atoms with van der Waals surface area (Å²) in [5.41, 5.74) is 5.47. The number of nitrogens with zero attached hydrogens (tertiary/aromatic N) is 4. The van der Waals surface area contributed by atoms with Gasteiger partial charge in [-0.2, -0.15) is 10.2 Å². The van der Waals surface area contributed by atoms with Crippen molar-refractivity contribution in [1.29, 1.82) is 0 Å². The van der Waals surface area contributed by atoms with E-state index in [0.717, 1.165) is 11.3 Å². The summed E-state index contributed by atoms with van der Waals surface area (Å²) in [4.78, 5) is 16.2. The SMILES string of the molecule is C/C(=N\NC(=O)c1ccc2c(c1)OCO2)c1ccc(-n2cncn2)cc1. The molecule has 0 unspecified atom stereocenters. The Balaban J connectivity index is 1.45. The van der Waals surface area contributed by atoms with Gasteiger partial charge in [0.25, 0.3) is 5.91 Å². The molecule has 1 aromatic heterocycles. The van der Waals surface area contributed by atoms with Gasteiger partial charge in [0, 0.05) is 5.56 Å². The number of rotatable bonds is 4. The second-order valence-corrected chi connectivity index (χ2v) is 5.59. The molecule has 1 aliphatic rings. The van der Waals surface area contributed by atoms with Gasteiger partial charge in [0.05, 0.1) is 11.4 Å². The Bertz CT molecular complexity index is 965. The van der Waals surface area contributed by atoms with Crippen LogP contribution in [0.3, 0.4) is 0 Å². The lowest BCUT2D eigenvalue weighted by atomic mass is 10.1. The number of fused-ring (bicyclic) bond motifs is 1. The molecule has 130 valence electrons. The minimum atomic E-state index is -0.318. The quantitative estimate of drug-likeness (QED) is 0.576. The van der Waals surface area contributed by atoms with Gasteiger partial charge in [0.1, 0.15) is 12.7 Å². The summed E-state index contributed by atoms with van der Waals surface area (Å²) in [6, 6.07) is 12.6. The van der Waals surface area contributed by atoms with E-state index in [2.05, 4.69) is 20.6 Å². The Labute approximate surface area is 149 Å². The van der Waals surface area contributed by atoms with Crippen molar-refractivity contribution < 1.29 is 14.3 Å². The van der Waals surface area contributed by atoms with Gasteiger partial charge in [0.15, 0.2) is 11.5 Å². The van der Waals surface area contributed by atoms with E-state index < -0.39 is 0 Å². The van der Waals surface area contributed by atoms with Gasteiger partial charge >= 0.3 is 0 Å². The molecule has 0 spiro atoms. The number of hydrazone groups is 1. The zero-order valence-electron chi connectivity index (χ0n) is 13.9. The van der Waals surface area contributed by atoms with E-state index in [4.69, 9.17) is 9.47 Å². The molecule has 2 heterocycles. The van der Waals surface area contributed by atoms with E-state index in [0.29, 0.717) is 22.8 Å². The lowest BCUT2D eigenvalue weighted by Crippen LogP contribution is -2.19. The summed E-state index contributed by atoms with van der Waals surface area (Å²) in [5.74, 6) is 0.873. The van der Waals surface area contributed by atoms with Gasteiger partial charge in [-0.15, -0.1) is 0 Å². The molecule has 0 saturated carbocycles. The first-order valence-corrected chi connectivity index (χ1v) is 7.90. The maximum atomic E-state index is 12.3. The Kier molecular flexibility index (Phi) is 4.06. The molecule has 1 amide bonds. The molecule has 0 bridgehead atoms. The van der Waals surface area contributed by atoms with Crippen LogP contribution in [0.1, 0.15) is 22.8 Å². The zero-order valence-corrected chi connectivity index (χ0v) is 13.9. The van der Waals surface area contributed by atoms with Crippen LogP contribution >= 0.6 is 0 Å². The number of aromatic nitrogens is 3. The molecular formula is C18H15N5O3. The maximum Gasteiger partial charge on any atom is 0.271 e. The Morgan fingerprint density at radius 2 is 1.88 bits per heavy atom. The van der Waals surface area contributed by atoms with Gasteiger partial charge in [-0.25, -0.2) is 15.1 Å². The normalized spacial score (nSPS) is 12.9. The minimum absolute atomic E-state index is 0.169. The molecule has 0 fully saturated rings. The number of benzene rings is 2. The van der Waals surface area contributed by atoms with Crippen molar-refractivity contribution in [2.45, 2.75) is 6.92 Å². The summed E-state index contributed by atoms with van der Waals surface area (Å²) < 4.78 is 12.2. The van der Waals surface area contributed by atoms with Gasteiger partial charge < -0.3 is 9.47 Å². The van der Waals surface area contributed by atoms with E-state index in [1.165, 1.54) is 6.33 Å². The van der Waals surface area contributed by atoms with Crippen molar-refractivity contribution in [3.05, 3.63) is 66.2 Å². The van der Waals surface area contributed by atoms with Gasteiger partial charge in [-0.1, -0.05) is 12.1 Å². The number of ether oxygens (including phenoxy) is 2. The topological polar surface area (TPSA) is 90.6 Å². The third kappa shape index (κ3) is 3.12. The van der Waals surface area contributed by atoms with Crippen LogP contribution in [-0.4, -0.2) is 33.2 Å². The maximum absolute atomic E-state index is 12.3. The lowest BCUT2D eigenvalue weighted by molar-refractivity contribution is 0.0954. The van der Waals surface area contributed by atoms with Crippen molar-refractivity contribution in [1.82, 2.24) is 20.2 Å². The molecule has 26 heavy (non-hydrogen) atoms. The van der Waals surface area contributed by atoms with Crippen LogP contribution in [0, 0.1) is 0 Å². The van der Waals surface area contributed by atoms with Gasteiger partial charge in [-0.05, 0) is 42.8 Å². The average molecular weight is 349 g/mol. The number of carbonyl (C=O) groups excluding carboxylic acids is 1. The van der Waals surface area contributed by atoms with Crippen LogP contribution in [0.2, 0.25) is 0 Å². The second kappa shape index (κ2) is 6.67. The van der Waals surface area contributed by atoms with Crippen molar-refractivity contribution >= 4 is 11.6 Å². The first kappa shape index (κ1) is 15.8. The zero-order chi connectivity index (χ0) is 17.9. The predicted molar refractivity (Wildman–Crippen MR) is 93.6 cm³/mol. The molecule has 8 nitrogen and oxygen atoms in total. The van der Waals surface area contributed by atoms with Crippen LogP contribution in [-0.2, 0) is 0 Å². The predicted octanol–water partition coefficient (Wildman–Crippen LogP) is 2.15. The third-order valence-corrected chi connectivity index (χ3v) is 3.93. The van der Waals surface area contributed by atoms with Crippen LogP contribution in [0.15, 0.2) is 60.2 Å². The molecule has 8 heteroatoms. The average Bonchev–Trinajstić information content (AvgIpc) is 3.37. The fourth-order valence-corrected chi connectivity index (χ4v) is 2.50. The fourth-order valence-electron chi connectivity index (χ4n) is 2.50. The summed E-state index contributed by atoms with van der Waals surface area (Å²) in [6.45, 7) is 1.99. The highest BCUT2D eigenvalue weighted by atomic mass is 16.7. The molecule has 0 saturated heterocycles. The third-order valence-electron chi connectivity index (χ3n) is 3.93. The Morgan fingerprint density at radius 1 is 1.12 bits per heavy atom. The van der Waals surface area contributed by atoms with Gasteiger partial charge in [-0.3, -0.25) is 4.79 Å². The summed E-state index contributed by atoms with van der Waals surface area (Å²) in [6.07, 6.45) is 3.10. The minimum Gasteiger partial charge on any atom is -0.454 e. The monoisotopic (exact) mass is 349 g/mol. The van der Waals surface area contributed by atoms with E-state index in [1.807, 2.05) is 31.2 Å². The summed E-state index contributed by atoms with van der Waals surface area (Å²) in [5, 5.41) is 8.24. The standard InChI is InChI=1S/C18H15N5O3/c1-12(13-2-5-15(6-3-13)23-10-19-9-20-23)21-22-18(24)14-4-7-16-17(8-14)26-11-25-16/h2-10H,11H2,1H3,(H,22,24)/b21-12+. The fraction of sp³-hybridized carbons (Fsp3) is 0.111. The largest absolute Gasteiger partial charge is 0.454 e. The Morgan fingerprint density at radius 3 is 2.65 bits per heavy atom. The highest BCUT2D eigenvalue weighted by Gasteiger charge is 2.16. The number of carbonyl (C=O) groups is 1. The first-order chi connectivity index (χ1) is 12.7. The number of hydrogen-bond donors (Lipinski definition) is 1. The van der Waals surface area contributed by atoms with Crippen molar-refractivity contribution in [3.8, 4) is 17.2 Å². The van der Waals surface area contributed by atoms with E-state index in [1.54, 1.807) is 29.2 Å². The molecule has 0 aliphatic carbocycles. The summed E-state index contributed by atoms with van der Waals surface area (Å²) in [7, 11) is 0. The van der Waals surface area contributed by atoms with Crippen molar-refractivity contribution in [3.63, 3.8) is 0 Å². The van der Waals surface area contributed by atoms with E-state index in [-0.39, 0.29) is 12.7 Å². The number of hydrogen-bond acceptors (Lipinski definition) is 6. The molecular weight excluding hydrogens is 334 g/mol. The second-order valence-electron chi connectivity index (χ2n) is 5.59. The van der Waals surface area contributed by atoms with Crippen LogP contribution in [0.5, 0.6) is 11.5 Å². The highest BCUT2D eigenvalue weighted by Crippen LogP contribution is 2.32. The highest BCUT2D eigenvalue weighted by molar-refractivity contribution is 6.01. The van der Waals surface area contributed by atoms with Gasteiger partial charge in [0.2, 0.25) is 6.79 Å². The van der Waals surface area contributed by atoms with E-state index in [9.17, 15) is 4.79 Å². The molecule has 2 aromatic carbocycles. The van der Waals surface area contributed by atoms with Crippen LogP contribution < -0.4 is 14.9 Å². The number of nitrogens with one attached hydrogen (secondary N) is 1. The van der Waals surface area contributed by atoms with Crippen molar-refractivity contribution in [2.75, 3.05) is 6.79 Å². The molecule has 0 atom stereocenters. The molecule has 1 aliphatic heterocycles. The molecule has 3 aromatic rings. The Hall–Kier alpha value is -3.68. The first-order valence-electron chi connectivity index (χ1n) is 7.90. The number of amides is 1. The lowest BCUT2D eigenvalue weighted by Gasteiger charge is -2.05. The van der Waals surface area contributed by atoms with Crippen LogP contribution in [0.25, 0.3) is 5.69 Å². The molecule has 4 rings (SSSR count). The smallest absolute Gasteiger partial charge is 0.271 e. The molecule has 0 radical (unpaired) electrons. The summed E-state index contributed by atoms with van der Waals surface area (Å²) >= 11 is 0. The molecule has 1 N–H and O–H groups in total. The van der Waals surface area contributed by atoms with Crippen LogP contribution in [0.4, 0.5) is 0 Å². The van der Waals surface area contributed by atoms with E-state index >= 15 is 0 Å².